The molecular weight excluding hydrogens is 170 g/mol. The summed E-state index contributed by atoms with van der Waals surface area (Å²) in [5.41, 5.74) is 10.6. The van der Waals surface area contributed by atoms with E-state index in [1.165, 1.54) is 4.90 Å². The number of carbonyl (C=O) groups excluding carboxylic acids is 2. The van der Waals surface area contributed by atoms with Crippen LogP contribution < -0.4 is 11.5 Å². The minimum absolute atomic E-state index is 0.00741. The molecule has 1 fully saturated rings. The van der Waals surface area contributed by atoms with Gasteiger partial charge in [0.2, 0.25) is 11.8 Å². The highest BCUT2D eigenvalue weighted by atomic mass is 16.2. The molecule has 5 nitrogen and oxygen atoms in total. The second-order valence-electron chi connectivity index (χ2n) is 3.33. The Morgan fingerprint density at radius 1 is 1.54 bits per heavy atom. The predicted octanol–water partition coefficient (Wildman–Crippen LogP) is -1.19. The number of likely N-dealkylation sites (tertiary alicyclic amines) is 1. The van der Waals surface area contributed by atoms with Crippen molar-refractivity contribution in [2.24, 2.45) is 11.5 Å². The van der Waals surface area contributed by atoms with Crippen LogP contribution in [0.25, 0.3) is 0 Å². The highest BCUT2D eigenvalue weighted by Gasteiger charge is 2.24. The molecular formula is C8H15N3O2. The molecule has 1 aliphatic rings. The molecule has 1 heterocycles. The Kier molecular flexibility index (Phi) is 3.25. The van der Waals surface area contributed by atoms with Crippen LogP contribution in [0.1, 0.15) is 19.3 Å². The minimum atomic E-state index is -0.484. The zero-order chi connectivity index (χ0) is 9.84. The lowest BCUT2D eigenvalue weighted by molar-refractivity contribution is -0.135. The highest BCUT2D eigenvalue weighted by Crippen LogP contribution is 2.09. The predicted molar refractivity (Wildman–Crippen MR) is 47.6 cm³/mol. The fraction of sp³-hybridized carbons (Fsp3) is 0.750. The topological polar surface area (TPSA) is 89.4 Å². The molecule has 1 saturated heterocycles. The van der Waals surface area contributed by atoms with Gasteiger partial charge in [-0.3, -0.25) is 9.59 Å². The van der Waals surface area contributed by atoms with Gasteiger partial charge in [-0.2, -0.15) is 0 Å². The smallest absolute Gasteiger partial charge is 0.239 e. The number of hydrogen-bond donors (Lipinski definition) is 2. The van der Waals surface area contributed by atoms with E-state index >= 15 is 0 Å². The Labute approximate surface area is 77.1 Å². The second kappa shape index (κ2) is 4.23. The van der Waals surface area contributed by atoms with Gasteiger partial charge in [-0.1, -0.05) is 0 Å². The normalized spacial score (nSPS) is 24.2. The molecule has 1 rings (SSSR count). The molecule has 5 heteroatoms. The number of amides is 2. The Bertz CT molecular complexity index is 217. The van der Waals surface area contributed by atoms with Gasteiger partial charge in [0.25, 0.3) is 0 Å². The summed E-state index contributed by atoms with van der Waals surface area (Å²) in [4.78, 5) is 23.5. The van der Waals surface area contributed by atoms with Crippen LogP contribution in [0.4, 0.5) is 0 Å². The third kappa shape index (κ3) is 2.69. The molecule has 0 unspecified atom stereocenters. The third-order valence-corrected chi connectivity index (χ3v) is 2.17. The molecule has 1 aliphatic heterocycles. The van der Waals surface area contributed by atoms with E-state index in [0.29, 0.717) is 13.0 Å². The molecule has 0 aromatic rings. The molecule has 0 aliphatic carbocycles. The first-order chi connectivity index (χ1) is 6.11. The third-order valence-electron chi connectivity index (χ3n) is 2.17. The summed E-state index contributed by atoms with van der Waals surface area (Å²) in [6.45, 7) is 0.585. The summed E-state index contributed by atoms with van der Waals surface area (Å²) in [6.07, 6.45) is 2.53. The van der Waals surface area contributed by atoms with Crippen LogP contribution in [-0.4, -0.2) is 35.8 Å². The van der Waals surface area contributed by atoms with E-state index < -0.39 is 11.9 Å². The van der Waals surface area contributed by atoms with Gasteiger partial charge < -0.3 is 16.4 Å². The molecule has 0 spiro atoms. The van der Waals surface area contributed by atoms with Crippen molar-refractivity contribution in [3.05, 3.63) is 0 Å². The molecule has 0 aromatic carbocycles. The lowest BCUT2D eigenvalue weighted by atomic mass is 10.1. The van der Waals surface area contributed by atoms with Crippen molar-refractivity contribution in [1.82, 2.24) is 4.90 Å². The summed E-state index contributed by atoms with van der Waals surface area (Å²) in [5.74, 6) is -0.640. The zero-order valence-electron chi connectivity index (χ0n) is 7.53. The van der Waals surface area contributed by atoms with Crippen molar-refractivity contribution < 1.29 is 9.59 Å². The van der Waals surface area contributed by atoms with Crippen LogP contribution in [-0.2, 0) is 9.59 Å². The van der Waals surface area contributed by atoms with E-state index in [-0.39, 0.29) is 12.5 Å². The average molecular weight is 185 g/mol. The summed E-state index contributed by atoms with van der Waals surface area (Å²) in [7, 11) is 0. The van der Waals surface area contributed by atoms with Gasteiger partial charge in [0.1, 0.15) is 0 Å². The van der Waals surface area contributed by atoms with Crippen molar-refractivity contribution in [2.45, 2.75) is 25.3 Å². The van der Waals surface area contributed by atoms with Crippen LogP contribution in [0, 0.1) is 0 Å². The zero-order valence-corrected chi connectivity index (χ0v) is 7.53. The van der Waals surface area contributed by atoms with Crippen LogP contribution in [0.2, 0.25) is 0 Å². The van der Waals surface area contributed by atoms with Crippen molar-refractivity contribution in [3.63, 3.8) is 0 Å². The summed E-state index contributed by atoms with van der Waals surface area (Å²) in [5, 5.41) is 0. The molecule has 4 N–H and O–H groups in total. The van der Waals surface area contributed by atoms with Gasteiger partial charge in [0.05, 0.1) is 12.6 Å². The molecule has 0 saturated carbocycles. The monoisotopic (exact) mass is 185 g/mol. The number of hydrogen-bond acceptors (Lipinski definition) is 3. The van der Waals surface area contributed by atoms with Gasteiger partial charge in [0.15, 0.2) is 0 Å². The molecule has 0 bridgehead atoms. The number of carbonyl (C=O) groups is 2. The van der Waals surface area contributed by atoms with E-state index in [9.17, 15) is 9.59 Å². The summed E-state index contributed by atoms with van der Waals surface area (Å²) < 4.78 is 0. The molecule has 1 atom stereocenters. The van der Waals surface area contributed by atoms with Crippen LogP contribution in [0.5, 0.6) is 0 Å². The lowest BCUT2D eigenvalue weighted by Crippen LogP contribution is -2.45. The van der Waals surface area contributed by atoms with E-state index in [2.05, 4.69) is 0 Å². The molecule has 74 valence electrons. The van der Waals surface area contributed by atoms with Crippen LogP contribution in [0.15, 0.2) is 0 Å². The Balaban J connectivity index is 2.59. The number of nitrogens with two attached hydrogens (primary N) is 2. The second-order valence-corrected chi connectivity index (χ2v) is 3.33. The maximum atomic E-state index is 11.5. The number of primary amides is 1. The van der Waals surface area contributed by atoms with E-state index in [0.717, 1.165) is 12.8 Å². The van der Waals surface area contributed by atoms with E-state index in [1.807, 2.05) is 0 Å². The van der Waals surface area contributed by atoms with Crippen molar-refractivity contribution in [3.8, 4) is 0 Å². The quantitative estimate of drug-likeness (QED) is 0.567. The van der Waals surface area contributed by atoms with E-state index in [4.69, 9.17) is 11.5 Å². The minimum Gasteiger partial charge on any atom is -0.368 e. The van der Waals surface area contributed by atoms with Crippen LogP contribution >= 0.6 is 0 Å². The van der Waals surface area contributed by atoms with E-state index in [1.54, 1.807) is 0 Å². The Hall–Kier alpha value is -1.10. The first kappa shape index (κ1) is 9.98. The largest absolute Gasteiger partial charge is 0.368 e. The van der Waals surface area contributed by atoms with Gasteiger partial charge in [-0.25, -0.2) is 0 Å². The van der Waals surface area contributed by atoms with Gasteiger partial charge in [-0.15, -0.1) is 0 Å². The fourth-order valence-corrected chi connectivity index (χ4v) is 1.48. The maximum Gasteiger partial charge on any atom is 0.239 e. The standard InChI is InChI=1S/C8H15N3O2/c9-6-3-1-2-4-11(8(6)13)5-7(10)12/h6H,1-5,9H2,(H2,10,12)/t6-/m0/s1. The van der Waals surface area contributed by atoms with Gasteiger partial charge in [0, 0.05) is 6.54 Å². The van der Waals surface area contributed by atoms with Crippen molar-refractivity contribution >= 4 is 11.8 Å². The highest BCUT2D eigenvalue weighted by molar-refractivity contribution is 5.86. The number of rotatable bonds is 2. The van der Waals surface area contributed by atoms with Crippen LogP contribution in [0.3, 0.4) is 0 Å². The molecule has 2 amide bonds. The molecule has 13 heavy (non-hydrogen) atoms. The molecule has 0 aromatic heterocycles. The average Bonchev–Trinajstić information content (AvgIpc) is 2.19. The number of nitrogens with zero attached hydrogens (tertiary/aromatic N) is 1. The summed E-state index contributed by atoms with van der Waals surface area (Å²) in [6, 6.07) is -0.457. The fourth-order valence-electron chi connectivity index (χ4n) is 1.48. The first-order valence-corrected chi connectivity index (χ1v) is 4.44. The summed E-state index contributed by atoms with van der Waals surface area (Å²) >= 11 is 0. The lowest BCUT2D eigenvalue weighted by Gasteiger charge is -2.20. The molecule has 0 radical (unpaired) electrons. The Morgan fingerprint density at radius 3 is 2.85 bits per heavy atom. The Morgan fingerprint density at radius 2 is 2.23 bits per heavy atom. The SMILES string of the molecule is NC(=O)CN1CCCC[C@H](N)C1=O. The van der Waals surface area contributed by atoms with Gasteiger partial charge >= 0.3 is 0 Å². The van der Waals surface area contributed by atoms with Crippen molar-refractivity contribution in [2.75, 3.05) is 13.1 Å². The maximum absolute atomic E-state index is 11.5. The van der Waals surface area contributed by atoms with Gasteiger partial charge in [-0.05, 0) is 19.3 Å². The van der Waals surface area contributed by atoms with Crippen molar-refractivity contribution in [1.29, 1.82) is 0 Å². The first-order valence-electron chi connectivity index (χ1n) is 4.44.